The minimum atomic E-state index is -0.203. The lowest BCUT2D eigenvalue weighted by Gasteiger charge is -2.06. The second-order valence-corrected chi connectivity index (χ2v) is 5.32. The Labute approximate surface area is 136 Å². The molecule has 0 atom stereocenters. The molecule has 0 saturated heterocycles. The molecule has 2 aromatic carbocycles. The van der Waals surface area contributed by atoms with Gasteiger partial charge in [0.05, 0.1) is 17.4 Å². The van der Waals surface area contributed by atoms with E-state index in [2.05, 4.69) is 25.7 Å². The normalized spacial score (nSPS) is 10.9. The Hall–Kier alpha value is -3.48. The molecule has 0 fully saturated rings. The summed E-state index contributed by atoms with van der Waals surface area (Å²) in [4.78, 5) is 16.6. The maximum absolute atomic E-state index is 12.4. The Morgan fingerprint density at radius 3 is 2.75 bits per heavy atom. The number of carbonyl (C=O) groups excluding carboxylic acids is 1. The molecule has 0 aliphatic rings. The van der Waals surface area contributed by atoms with Crippen molar-refractivity contribution in [3.05, 3.63) is 60.0 Å². The first-order chi connectivity index (χ1) is 11.7. The van der Waals surface area contributed by atoms with Crippen LogP contribution in [0, 0.1) is 6.92 Å². The third-order valence-electron chi connectivity index (χ3n) is 3.65. The predicted octanol–water partition coefficient (Wildman–Crippen LogP) is 3.17. The Balaban J connectivity index is 1.57. The Morgan fingerprint density at radius 1 is 1.17 bits per heavy atom. The number of hydrogen-bond donors (Lipinski definition) is 2. The van der Waals surface area contributed by atoms with Gasteiger partial charge in [-0.05, 0) is 37.3 Å². The number of amides is 1. The zero-order chi connectivity index (χ0) is 16.5. The van der Waals surface area contributed by atoms with Crippen LogP contribution in [-0.2, 0) is 0 Å². The predicted molar refractivity (Wildman–Crippen MR) is 88.5 cm³/mol. The van der Waals surface area contributed by atoms with E-state index < -0.39 is 0 Å². The molecule has 7 nitrogen and oxygen atoms in total. The van der Waals surface area contributed by atoms with Crippen LogP contribution in [0.15, 0.2) is 53.2 Å². The number of aromatic amines is 1. The van der Waals surface area contributed by atoms with Gasteiger partial charge >= 0.3 is 0 Å². The van der Waals surface area contributed by atoms with Crippen LogP contribution in [0.25, 0.3) is 22.4 Å². The number of rotatable bonds is 3. The van der Waals surface area contributed by atoms with Crippen LogP contribution >= 0.6 is 0 Å². The van der Waals surface area contributed by atoms with Crippen LogP contribution in [0.4, 0.5) is 5.69 Å². The number of benzene rings is 2. The Kier molecular flexibility index (Phi) is 3.31. The molecule has 2 N–H and O–H groups in total. The smallest absolute Gasteiger partial charge is 0.257 e. The molecule has 4 rings (SSSR count). The Bertz CT molecular complexity index is 1020. The largest absolute Gasteiger partial charge is 0.334 e. The molecule has 0 radical (unpaired) electrons. The van der Waals surface area contributed by atoms with Crippen molar-refractivity contribution < 1.29 is 9.32 Å². The van der Waals surface area contributed by atoms with Crippen molar-refractivity contribution in [1.29, 1.82) is 0 Å². The molecule has 1 amide bonds. The third kappa shape index (κ3) is 2.52. The van der Waals surface area contributed by atoms with Gasteiger partial charge in [0.25, 0.3) is 11.8 Å². The maximum atomic E-state index is 12.4. The number of nitrogens with zero attached hydrogens (tertiary/aromatic N) is 3. The number of carbonyl (C=O) groups is 1. The first kappa shape index (κ1) is 14.1. The SMILES string of the molecule is Cc1noc(-c2ccc(C(=O)Nc3cccc4cn[nH]c34)cc2)n1. The van der Waals surface area contributed by atoms with Gasteiger partial charge in [0, 0.05) is 16.5 Å². The number of H-pyrrole nitrogens is 1. The summed E-state index contributed by atoms with van der Waals surface area (Å²) < 4.78 is 5.11. The molecule has 24 heavy (non-hydrogen) atoms. The lowest BCUT2D eigenvalue weighted by Crippen LogP contribution is -2.12. The molecule has 118 valence electrons. The van der Waals surface area contributed by atoms with Gasteiger partial charge in [0.1, 0.15) is 0 Å². The van der Waals surface area contributed by atoms with E-state index in [-0.39, 0.29) is 5.91 Å². The van der Waals surface area contributed by atoms with Gasteiger partial charge < -0.3 is 9.84 Å². The minimum Gasteiger partial charge on any atom is -0.334 e. The minimum absolute atomic E-state index is 0.203. The number of nitrogens with one attached hydrogen (secondary N) is 2. The lowest BCUT2D eigenvalue weighted by atomic mass is 10.1. The van der Waals surface area contributed by atoms with Gasteiger partial charge in [-0.25, -0.2) is 0 Å². The highest BCUT2D eigenvalue weighted by Crippen LogP contribution is 2.22. The molecule has 4 aromatic rings. The molecule has 0 bridgehead atoms. The van der Waals surface area contributed by atoms with Crippen molar-refractivity contribution in [2.75, 3.05) is 5.32 Å². The molecule has 0 unspecified atom stereocenters. The highest BCUT2D eigenvalue weighted by atomic mass is 16.5. The summed E-state index contributed by atoms with van der Waals surface area (Å²) in [5.41, 5.74) is 2.78. The number of aryl methyl sites for hydroxylation is 1. The van der Waals surface area contributed by atoms with Gasteiger partial charge in [-0.15, -0.1) is 0 Å². The quantitative estimate of drug-likeness (QED) is 0.604. The molecule has 7 heteroatoms. The Morgan fingerprint density at radius 2 is 2.00 bits per heavy atom. The average Bonchev–Trinajstić information content (AvgIpc) is 3.24. The molecule has 0 aliphatic heterocycles. The van der Waals surface area contributed by atoms with Crippen molar-refractivity contribution >= 4 is 22.5 Å². The van der Waals surface area contributed by atoms with Crippen LogP contribution < -0.4 is 5.32 Å². The fourth-order valence-electron chi connectivity index (χ4n) is 2.45. The summed E-state index contributed by atoms with van der Waals surface area (Å²) >= 11 is 0. The highest BCUT2D eigenvalue weighted by Gasteiger charge is 2.11. The first-order valence-electron chi connectivity index (χ1n) is 7.35. The lowest BCUT2D eigenvalue weighted by molar-refractivity contribution is 0.102. The molecule has 2 heterocycles. The number of aromatic nitrogens is 4. The van der Waals surface area contributed by atoms with Crippen molar-refractivity contribution in [1.82, 2.24) is 20.3 Å². The fraction of sp³-hybridized carbons (Fsp3) is 0.0588. The van der Waals surface area contributed by atoms with E-state index in [1.807, 2.05) is 18.2 Å². The van der Waals surface area contributed by atoms with Gasteiger partial charge in [-0.3, -0.25) is 9.89 Å². The number of para-hydroxylation sites is 1. The second kappa shape index (κ2) is 5.62. The summed E-state index contributed by atoms with van der Waals surface area (Å²) in [5.74, 6) is 0.798. The average molecular weight is 319 g/mol. The van der Waals surface area contributed by atoms with Crippen molar-refractivity contribution in [2.45, 2.75) is 6.92 Å². The number of fused-ring (bicyclic) bond motifs is 1. The standard InChI is InChI=1S/C17H13N5O2/c1-10-19-17(24-22-10)12-7-5-11(6-8-12)16(23)20-14-4-2-3-13-9-18-21-15(13)14/h2-9H,1H3,(H,18,21)(H,20,23). The van der Waals surface area contributed by atoms with Gasteiger partial charge in [0.15, 0.2) is 5.82 Å². The van der Waals surface area contributed by atoms with E-state index in [1.54, 1.807) is 37.4 Å². The van der Waals surface area contributed by atoms with Crippen LogP contribution in [0.1, 0.15) is 16.2 Å². The fourth-order valence-corrected chi connectivity index (χ4v) is 2.45. The monoisotopic (exact) mass is 319 g/mol. The first-order valence-corrected chi connectivity index (χ1v) is 7.35. The number of anilines is 1. The molecular formula is C17H13N5O2. The van der Waals surface area contributed by atoms with Gasteiger partial charge in [-0.2, -0.15) is 10.1 Å². The third-order valence-corrected chi connectivity index (χ3v) is 3.65. The molecule has 0 aliphatic carbocycles. The molecular weight excluding hydrogens is 306 g/mol. The zero-order valence-electron chi connectivity index (χ0n) is 12.8. The summed E-state index contributed by atoms with van der Waals surface area (Å²) in [6.07, 6.45) is 1.71. The highest BCUT2D eigenvalue weighted by molar-refractivity contribution is 6.08. The second-order valence-electron chi connectivity index (χ2n) is 5.32. The summed E-state index contributed by atoms with van der Waals surface area (Å²) in [6, 6.07) is 12.6. The van der Waals surface area contributed by atoms with Gasteiger partial charge in [-0.1, -0.05) is 17.3 Å². The summed E-state index contributed by atoms with van der Waals surface area (Å²) in [7, 11) is 0. The van der Waals surface area contributed by atoms with Crippen molar-refractivity contribution in [3.63, 3.8) is 0 Å². The molecule has 0 spiro atoms. The molecule has 0 saturated carbocycles. The summed E-state index contributed by atoms with van der Waals surface area (Å²) in [5, 5.41) is 14.5. The van der Waals surface area contributed by atoms with Crippen molar-refractivity contribution in [2.24, 2.45) is 0 Å². The molecule has 2 aromatic heterocycles. The maximum Gasteiger partial charge on any atom is 0.257 e. The summed E-state index contributed by atoms with van der Waals surface area (Å²) in [6.45, 7) is 1.75. The topological polar surface area (TPSA) is 96.7 Å². The van der Waals surface area contributed by atoms with Gasteiger partial charge in [0.2, 0.25) is 0 Å². The van der Waals surface area contributed by atoms with E-state index >= 15 is 0 Å². The van der Waals surface area contributed by atoms with Crippen LogP contribution in [0.2, 0.25) is 0 Å². The van der Waals surface area contributed by atoms with E-state index in [9.17, 15) is 4.79 Å². The van der Waals surface area contributed by atoms with E-state index in [1.165, 1.54) is 0 Å². The van der Waals surface area contributed by atoms with Crippen LogP contribution in [0.5, 0.6) is 0 Å². The number of hydrogen-bond acceptors (Lipinski definition) is 5. The van der Waals surface area contributed by atoms with E-state index in [4.69, 9.17) is 4.52 Å². The van der Waals surface area contributed by atoms with Crippen LogP contribution in [0.3, 0.4) is 0 Å². The zero-order valence-corrected chi connectivity index (χ0v) is 12.8. The van der Waals surface area contributed by atoms with E-state index in [0.717, 1.165) is 16.5 Å². The van der Waals surface area contributed by atoms with Crippen molar-refractivity contribution in [3.8, 4) is 11.5 Å². The van der Waals surface area contributed by atoms with E-state index in [0.29, 0.717) is 23.0 Å². The van der Waals surface area contributed by atoms with Crippen LogP contribution in [-0.4, -0.2) is 26.2 Å².